The number of aliphatic hydroxyl groups is 3. The summed E-state index contributed by atoms with van der Waals surface area (Å²) in [5.41, 5.74) is 12.6. The fraction of sp³-hybridized carbons (Fsp3) is 0.114. The van der Waals surface area contributed by atoms with Crippen molar-refractivity contribution in [3.8, 4) is 79.2 Å². The number of fused-ring (bicyclic) bond motifs is 1. The number of methoxy groups -OCH3 is 2. The first-order valence-electron chi connectivity index (χ1n) is 32.6. The fourth-order valence-corrected chi connectivity index (χ4v) is 8.72. The summed E-state index contributed by atoms with van der Waals surface area (Å²) in [4.78, 5) is 53.7. The predicted molar refractivity (Wildman–Crippen MR) is 420 cm³/mol. The molecule has 0 fully saturated rings. The number of hydrogen-bond donors (Lipinski definition) is 3. The number of pyridine rings is 5. The van der Waals surface area contributed by atoms with Crippen LogP contribution in [0, 0.1) is 36.4 Å². The number of carbonyl (C=O) groups excluding carboxylic acids is 3. The molecule has 110 heavy (non-hydrogen) atoms. The molecule has 0 saturated heterocycles. The molecule has 0 unspecified atom stereocenters. The third-order valence-electron chi connectivity index (χ3n) is 13.2. The van der Waals surface area contributed by atoms with E-state index in [0.29, 0.717) is 11.0 Å². The van der Waals surface area contributed by atoms with Gasteiger partial charge in [0, 0.05) is 169 Å². The number of rotatable bonds is 12. The van der Waals surface area contributed by atoms with Crippen molar-refractivity contribution >= 4 is 45.4 Å². The van der Waals surface area contributed by atoms with E-state index in [9.17, 15) is 14.4 Å². The Morgan fingerprint density at radius 3 is 1.13 bits per heavy atom. The third kappa shape index (κ3) is 41.1. The third-order valence-corrected chi connectivity index (χ3v) is 13.4. The average Bonchev–Trinajstić information content (AvgIpc) is 0.820. The number of benzene rings is 7. The topological polar surface area (TPSA) is 224 Å². The van der Waals surface area contributed by atoms with Gasteiger partial charge in [0.2, 0.25) is 5.88 Å². The van der Waals surface area contributed by atoms with Crippen molar-refractivity contribution in [2.75, 3.05) is 33.2 Å². The molecule has 579 valence electrons. The Balaban J connectivity index is 0.00000123. The molecule has 13 rings (SSSR count). The van der Waals surface area contributed by atoms with Crippen LogP contribution in [-0.4, -0.2) is 96.1 Å². The number of anilines is 1. The Labute approximate surface area is 718 Å². The van der Waals surface area contributed by atoms with Gasteiger partial charge in [0.15, 0.2) is 17.3 Å². The second kappa shape index (κ2) is 58.2. The maximum absolute atomic E-state index is 10.0. The van der Waals surface area contributed by atoms with E-state index in [1.807, 2.05) is 245 Å². The minimum atomic E-state index is -0.125. The molecule has 0 atom stereocenters. The van der Waals surface area contributed by atoms with Crippen LogP contribution in [-0.2, 0) is 115 Å². The van der Waals surface area contributed by atoms with Gasteiger partial charge in [-0.2, -0.15) is 5.10 Å². The Hall–Kier alpha value is -9.80. The van der Waals surface area contributed by atoms with E-state index in [1.165, 1.54) is 70.5 Å². The fourth-order valence-electron chi connectivity index (χ4n) is 8.62. The summed E-state index contributed by atoms with van der Waals surface area (Å²) in [5, 5.41) is 35.6. The zero-order chi connectivity index (χ0) is 76.0. The van der Waals surface area contributed by atoms with Crippen LogP contribution in [0.4, 0.5) is 5.69 Å². The number of hydrogen-bond acceptors (Lipinski definition) is 16. The quantitative estimate of drug-likeness (QED) is 0.0587. The summed E-state index contributed by atoms with van der Waals surface area (Å²) in [6.45, 7) is 8.54. The molecule has 22 heteroatoms. The molecule has 6 aromatic heterocycles. The van der Waals surface area contributed by atoms with Gasteiger partial charge in [-0.15, -0.1) is 220 Å². The maximum Gasteiger partial charge on any atom is 0.203 e. The van der Waals surface area contributed by atoms with Crippen molar-refractivity contribution in [3.05, 3.63) is 351 Å². The summed E-state index contributed by atoms with van der Waals surface area (Å²) in [7, 11) is 7.30. The van der Waals surface area contributed by atoms with Crippen LogP contribution in [0.2, 0.25) is 5.15 Å². The van der Waals surface area contributed by atoms with E-state index in [2.05, 4.69) is 101 Å². The van der Waals surface area contributed by atoms with Crippen molar-refractivity contribution in [2.24, 2.45) is 0 Å². The summed E-state index contributed by atoms with van der Waals surface area (Å²) in [5.74, 6) is 1.25. The summed E-state index contributed by atoms with van der Waals surface area (Å²) in [6.07, 6.45) is 10.8. The van der Waals surface area contributed by atoms with E-state index in [4.69, 9.17) is 36.4 Å². The normalized spacial score (nSPS) is 9.79. The number of aliphatic hydroxyl groups excluding tert-OH is 3. The molecule has 13 aromatic rings. The first-order chi connectivity index (χ1) is 50.7. The van der Waals surface area contributed by atoms with Crippen molar-refractivity contribution < 1.29 is 140 Å². The number of ketones is 3. The minimum Gasteiger partial charge on any atom is -0.512 e. The first kappa shape index (κ1) is 100. The Kier molecular flexibility index (Phi) is 53.0. The number of aromatic nitrogens is 7. The van der Waals surface area contributed by atoms with E-state index in [0.717, 1.165) is 79.0 Å². The SMILES string of the molecule is CC(=O)C=C(C)O.CC(=O)C=C(C)O.CC(=O)C=C(C)O.CN(C)c1ccnc(-c2[c-]cccc2)c1.COc1cccc(-c2[c-]cccc2)n1.COc1ccnc(-c2[c-]cccc2)c1.Clc1ccc(-c2[c-]cccc2)nn1.[Ir].[Ir].[Ir].[Ir].[Ir].[c-]1ccccc1-c1cc2ccccc2cn1.[c-]1ccccc1-c1ccccn1. The molecule has 0 aliphatic heterocycles. The molecule has 0 spiro atoms. The van der Waals surface area contributed by atoms with Gasteiger partial charge in [-0.25, -0.2) is 0 Å². The standard InChI is InChI=1S/C15H10N.C13H13N2.2C12H10NO.C11H8N.C10H6ClN2.3C5H8O2.5Ir/c1-2-6-12(7-3-1)15-10-13-8-4-5-9-14(13)11-16-15;1-15(2)12-8-9-14-13(10-12)11-6-4-3-5-7-11;1-14-12-9-5-8-11(13-12)10-6-3-2-4-7-10;1-14-11-7-8-13-12(9-11)10-5-3-2-4-6-10;1-2-6-10(7-3-1)11-8-4-5-9-12-11;11-10-7-6-9(12-13-10)8-4-2-1-3-5-8;3*1-4(6)3-5(2)7;;;;;/h1-6,8-11H;3-6,8-10H,1-2H3;2-6,8-9H,1H3;2-5,7-9H,1H3;1-6,8-9H;1-4,6-7H;3*3,6H,1-2H3;;;;;/q6*-1;;;;;;;;. The molecule has 0 amide bonds. The molecule has 6 heterocycles. The predicted octanol–water partition coefficient (Wildman–Crippen LogP) is 19.7. The summed E-state index contributed by atoms with van der Waals surface area (Å²) >= 11 is 5.62. The van der Waals surface area contributed by atoms with Crippen molar-refractivity contribution in [1.82, 2.24) is 35.1 Å². The average molecular weight is 2380 g/mol. The first-order valence-corrected chi connectivity index (χ1v) is 32.9. The molecule has 0 saturated carbocycles. The van der Waals surface area contributed by atoms with Crippen LogP contribution >= 0.6 is 11.6 Å². The second-order valence-corrected chi connectivity index (χ2v) is 22.5. The number of carbonyl (C=O) groups is 3. The monoisotopic (exact) mass is 2380 g/mol. The van der Waals surface area contributed by atoms with Crippen molar-refractivity contribution in [1.29, 1.82) is 0 Å². The van der Waals surface area contributed by atoms with Crippen LogP contribution in [0.5, 0.6) is 11.6 Å². The van der Waals surface area contributed by atoms with Gasteiger partial charge in [-0.1, -0.05) is 78.3 Å². The number of ether oxygens (including phenoxy) is 2. The molecule has 0 aliphatic carbocycles. The van der Waals surface area contributed by atoms with Gasteiger partial charge in [0.1, 0.15) is 10.9 Å². The molecule has 5 radical (unpaired) electrons. The van der Waals surface area contributed by atoms with Gasteiger partial charge in [-0.05, 0) is 117 Å². The van der Waals surface area contributed by atoms with Gasteiger partial charge in [-0.3, -0.25) is 19.4 Å². The number of nitrogens with zero attached hydrogens (tertiary/aromatic N) is 8. The number of allylic oxidation sites excluding steroid dienone is 6. The van der Waals surface area contributed by atoms with Crippen molar-refractivity contribution in [2.45, 2.75) is 41.5 Å². The van der Waals surface area contributed by atoms with Gasteiger partial charge in [0.05, 0.1) is 31.5 Å². The van der Waals surface area contributed by atoms with Gasteiger partial charge < -0.3 is 49.6 Å². The van der Waals surface area contributed by atoms with E-state index in [-0.39, 0.29) is 135 Å². The van der Waals surface area contributed by atoms with Crippen LogP contribution < -0.4 is 14.4 Å². The van der Waals surface area contributed by atoms with Crippen LogP contribution in [0.3, 0.4) is 0 Å². The summed E-state index contributed by atoms with van der Waals surface area (Å²) in [6, 6.07) is 98.7. The molecule has 16 nitrogen and oxygen atoms in total. The second-order valence-electron chi connectivity index (χ2n) is 22.2. The Morgan fingerprint density at radius 1 is 0.373 bits per heavy atom. The van der Waals surface area contributed by atoms with Crippen LogP contribution in [0.15, 0.2) is 309 Å². The molecule has 0 bridgehead atoms. The number of halogens is 1. The molecule has 0 aliphatic rings. The summed E-state index contributed by atoms with van der Waals surface area (Å²) < 4.78 is 10.2. The Bertz CT molecular complexity index is 4580. The largest absolute Gasteiger partial charge is 0.512 e. The molecular formula is C88H81ClIr5N8O8-6. The molecule has 3 N–H and O–H groups in total. The van der Waals surface area contributed by atoms with E-state index in [1.54, 1.807) is 32.7 Å². The van der Waals surface area contributed by atoms with Crippen LogP contribution in [0.25, 0.3) is 78.3 Å². The Morgan fingerprint density at radius 2 is 0.755 bits per heavy atom. The van der Waals surface area contributed by atoms with Crippen molar-refractivity contribution in [3.63, 3.8) is 0 Å². The maximum atomic E-state index is 10.0. The van der Waals surface area contributed by atoms with E-state index >= 15 is 0 Å². The van der Waals surface area contributed by atoms with Crippen LogP contribution in [0.1, 0.15) is 41.5 Å². The van der Waals surface area contributed by atoms with Gasteiger partial charge in [0.25, 0.3) is 0 Å². The smallest absolute Gasteiger partial charge is 0.203 e. The molecular weight excluding hydrogens is 2290 g/mol. The zero-order valence-corrected chi connectivity index (χ0v) is 74.4. The zero-order valence-electron chi connectivity index (χ0n) is 61.7. The van der Waals surface area contributed by atoms with E-state index < -0.39 is 0 Å². The minimum absolute atomic E-state index is 0. The molecule has 7 aromatic carbocycles. The van der Waals surface area contributed by atoms with Gasteiger partial charge >= 0.3 is 0 Å².